The predicted octanol–water partition coefficient (Wildman–Crippen LogP) is 1.47. The first kappa shape index (κ1) is 13.6. The van der Waals surface area contributed by atoms with Gasteiger partial charge >= 0.3 is 0 Å². The first-order valence-electron chi connectivity index (χ1n) is 7.73. The second-order valence-corrected chi connectivity index (χ2v) is 6.06. The van der Waals surface area contributed by atoms with Crippen LogP contribution in [0.25, 0.3) is 0 Å². The van der Waals surface area contributed by atoms with Gasteiger partial charge in [-0.25, -0.2) is 0 Å². The second kappa shape index (κ2) is 4.37. The van der Waals surface area contributed by atoms with Gasteiger partial charge in [-0.05, 0) is 13.0 Å². The number of hydrogen-bond donors (Lipinski definition) is 0. The van der Waals surface area contributed by atoms with E-state index in [0.29, 0.717) is 23.9 Å². The normalized spacial score (nSPS) is 36.4. The lowest BCUT2D eigenvalue weighted by molar-refractivity contribution is -0.231. The summed E-state index contributed by atoms with van der Waals surface area (Å²) in [6.07, 6.45) is -0.0498. The van der Waals surface area contributed by atoms with Crippen molar-refractivity contribution in [3.8, 4) is 17.2 Å². The van der Waals surface area contributed by atoms with Crippen LogP contribution >= 0.6 is 0 Å². The summed E-state index contributed by atoms with van der Waals surface area (Å²) in [6.45, 7) is 2.61. The maximum atomic E-state index is 12.2. The largest absolute Gasteiger partial charge is 0.458 e. The van der Waals surface area contributed by atoms with E-state index >= 15 is 0 Å². The standard InChI is InChI=1S/C16H16O7/c1-2-18-14-3-9(17)6-15-16(14,22-8-21-15)10-4-12-13(20-7-19-12)5-11(10)23-15/h4-5,14H,2-3,6-8H2,1H3/t14-,15-,16-/m1/s1. The fourth-order valence-electron chi connectivity index (χ4n) is 4.09. The summed E-state index contributed by atoms with van der Waals surface area (Å²) in [5.74, 6) is 0.720. The Morgan fingerprint density at radius 1 is 1.17 bits per heavy atom. The molecule has 3 atom stereocenters. The van der Waals surface area contributed by atoms with Crippen molar-refractivity contribution in [1.82, 2.24) is 0 Å². The zero-order valence-corrected chi connectivity index (χ0v) is 12.6. The van der Waals surface area contributed by atoms with E-state index in [0.717, 1.165) is 5.56 Å². The molecule has 0 spiro atoms. The van der Waals surface area contributed by atoms with Gasteiger partial charge in [0.05, 0.1) is 6.42 Å². The van der Waals surface area contributed by atoms with Gasteiger partial charge in [0.25, 0.3) is 5.79 Å². The minimum Gasteiger partial charge on any atom is -0.458 e. The molecule has 1 aromatic rings. The Balaban J connectivity index is 1.72. The average molecular weight is 320 g/mol. The molecule has 1 saturated heterocycles. The molecule has 1 aliphatic carbocycles. The van der Waals surface area contributed by atoms with Crippen LogP contribution in [0.1, 0.15) is 25.3 Å². The molecular formula is C16H16O7. The Morgan fingerprint density at radius 2 is 2.00 bits per heavy atom. The Hall–Kier alpha value is -1.83. The Morgan fingerprint density at radius 3 is 2.83 bits per heavy atom. The van der Waals surface area contributed by atoms with Crippen LogP contribution in [-0.2, 0) is 24.6 Å². The van der Waals surface area contributed by atoms with E-state index < -0.39 is 17.5 Å². The molecule has 7 heteroatoms. The third-order valence-corrected chi connectivity index (χ3v) is 4.96. The van der Waals surface area contributed by atoms with Gasteiger partial charge < -0.3 is 28.4 Å². The molecule has 4 aliphatic rings. The maximum Gasteiger partial charge on any atom is 0.255 e. The lowest BCUT2D eigenvalue weighted by Crippen LogP contribution is -2.61. The van der Waals surface area contributed by atoms with Crippen LogP contribution in [-0.4, -0.2) is 37.9 Å². The Bertz CT molecular complexity index is 702. The van der Waals surface area contributed by atoms with Gasteiger partial charge in [-0.3, -0.25) is 4.79 Å². The van der Waals surface area contributed by atoms with E-state index in [1.54, 1.807) is 6.07 Å². The van der Waals surface area contributed by atoms with E-state index in [1.807, 2.05) is 13.0 Å². The number of benzene rings is 1. The minimum atomic E-state index is -1.17. The van der Waals surface area contributed by atoms with Crippen LogP contribution in [0.2, 0.25) is 0 Å². The van der Waals surface area contributed by atoms with Gasteiger partial charge in [0.15, 0.2) is 23.9 Å². The number of ketones is 1. The van der Waals surface area contributed by atoms with Gasteiger partial charge in [0.2, 0.25) is 6.79 Å². The van der Waals surface area contributed by atoms with Crippen LogP contribution in [0.3, 0.4) is 0 Å². The summed E-state index contributed by atoms with van der Waals surface area (Å²) in [6, 6.07) is 3.63. The predicted molar refractivity (Wildman–Crippen MR) is 74.3 cm³/mol. The lowest BCUT2D eigenvalue weighted by atomic mass is 9.73. The summed E-state index contributed by atoms with van der Waals surface area (Å²) in [7, 11) is 0. The number of carbonyl (C=O) groups excluding carboxylic acids is 1. The van der Waals surface area contributed by atoms with Crippen LogP contribution < -0.4 is 14.2 Å². The van der Waals surface area contributed by atoms with Crippen molar-refractivity contribution in [3.05, 3.63) is 17.7 Å². The third-order valence-electron chi connectivity index (χ3n) is 4.96. The average Bonchev–Trinajstić information content (AvgIpc) is 3.15. The van der Waals surface area contributed by atoms with Crippen LogP contribution in [0.15, 0.2) is 12.1 Å². The molecule has 3 aliphatic heterocycles. The molecule has 0 unspecified atom stereocenters. The molecule has 0 bridgehead atoms. The van der Waals surface area contributed by atoms with Crippen LogP contribution in [0, 0.1) is 0 Å². The summed E-state index contributed by atoms with van der Waals surface area (Å²) >= 11 is 0. The molecule has 1 saturated carbocycles. The topological polar surface area (TPSA) is 72.5 Å². The second-order valence-electron chi connectivity index (χ2n) is 6.06. The highest BCUT2D eigenvalue weighted by Gasteiger charge is 2.73. The van der Waals surface area contributed by atoms with E-state index in [4.69, 9.17) is 28.4 Å². The van der Waals surface area contributed by atoms with Crippen molar-refractivity contribution in [3.63, 3.8) is 0 Å². The molecule has 7 nitrogen and oxygen atoms in total. The third kappa shape index (κ3) is 1.52. The molecule has 122 valence electrons. The monoisotopic (exact) mass is 320 g/mol. The molecule has 5 rings (SSSR count). The number of Topliss-reactive ketones (excluding diaryl/α,β-unsaturated/α-hetero) is 1. The molecule has 0 N–H and O–H groups in total. The SMILES string of the molecule is CCO[C@@H]1CC(=O)C[C@]23OCO[C@]12c1cc2c(cc1O3)OCO2. The smallest absolute Gasteiger partial charge is 0.255 e. The Labute approximate surface area is 132 Å². The number of fused-ring (bicyclic) bond motifs is 2. The molecule has 0 aromatic heterocycles. The van der Waals surface area contributed by atoms with Gasteiger partial charge in [0, 0.05) is 24.7 Å². The van der Waals surface area contributed by atoms with Crippen LogP contribution in [0.4, 0.5) is 0 Å². The maximum absolute atomic E-state index is 12.2. The van der Waals surface area contributed by atoms with Crippen molar-refractivity contribution < 1.29 is 33.2 Å². The van der Waals surface area contributed by atoms with Gasteiger partial charge in [-0.1, -0.05) is 0 Å². The summed E-state index contributed by atoms with van der Waals surface area (Å²) in [5, 5.41) is 0. The van der Waals surface area contributed by atoms with E-state index in [9.17, 15) is 4.79 Å². The molecule has 0 amide bonds. The van der Waals surface area contributed by atoms with Crippen LogP contribution in [0.5, 0.6) is 17.2 Å². The number of carbonyl (C=O) groups is 1. The lowest BCUT2D eigenvalue weighted by Gasteiger charge is -2.43. The van der Waals surface area contributed by atoms with Crippen molar-refractivity contribution >= 4 is 5.78 Å². The van der Waals surface area contributed by atoms with Crippen molar-refractivity contribution in [1.29, 1.82) is 0 Å². The fourth-order valence-corrected chi connectivity index (χ4v) is 4.09. The van der Waals surface area contributed by atoms with Crippen molar-refractivity contribution in [2.75, 3.05) is 20.2 Å². The molecule has 0 radical (unpaired) electrons. The zero-order valence-electron chi connectivity index (χ0n) is 12.6. The highest BCUT2D eigenvalue weighted by Crippen LogP contribution is 2.62. The quantitative estimate of drug-likeness (QED) is 0.817. The Kier molecular flexibility index (Phi) is 2.58. The summed E-state index contributed by atoms with van der Waals surface area (Å²) < 4.78 is 34.7. The summed E-state index contributed by atoms with van der Waals surface area (Å²) in [4.78, 5) is 12.2. The van der Waals surface area contributed by atoms with Gasteiger partial charge in [-0.15, -0.1) is 0 Å². The van der Waals surface area contributed by atoms with Gasteiger partial charge in [0.1, 0.15) is 17.6 Å². The highest BCUT2D eigenvalue weighted by atomic mass is 16.8. The molecule has 2 fully saturated rings. The van der Waals surface area contributed by atoms with Gasteiger partial charge in [-0.2, -0.15) is 0 Å². The van der Waals surface area contributed by atoms with E-state index in [2.05, 4.69) is 0 Å². The van der Waals surface area contributed by atoms with E-state index in [-0.39, 0.29) is 32.2 Å². The number of rotatable bonds is 2. The number of ether oxygens (including phenoxy) is 6. The molecular weight excluding hydrogens is 304 g/mol. The summed E-state index contributed by atoms with van der Waals surface area (Å²) in [5.41, 5.74) is -0.155. The first-order chi connectivity index (χ1) is 11.2. The van der Waals surface area contributed by atoms with Crippen molar-refractivity contribution in [2.24, 2.45) is 0 Å². The fraction of sp³-hybridized carbons (Fsp3) is 0.562. The number of hydrogen-bond acceptors (Lipinski definition) is 7. The molecule has 1 aromatic carbocycles. The molecule has 23 heavy (non-hydrogen) atoms. The minimum absolute atomic E-state index is 0.0393. The zero-order chi connectivity index (χ0) is 15.7. The molecule has 3 heterocycles. The van der Waals surface area contributed by atoms with Crippen molar-refractivity contribution in [2.45, 2.75) is 37.3 Å². The van der Waals surface area contributed by atoms with E-state index in [1.165, 1.54) is 0 Å². The first-order valence-corrected chi connectivity index (χ1v) is 7.73. The highest BCUT2D eigenvalue weighted by molar-refractivity contribution is 5.83.